The Morgan fingerprint density at radius 2 is 1.92 bits per heavy atom. The summed E-state index contributed by atoms with van der Waals surface area (Å²) in [6.07, 6.45) is 0. The molecule has 0 saturated heterocycles. The van der Waals surface area contributed by atoms with Gasteiger partial charge in [0.25, 0.3) is 0 Å². The Kier molecular flexibility index (Phi) is 3.73. The van der Waals surface area contributed by atoms with E-state index in [2.05, 4.69) is 11.8 Å². The van der Waals surface area contributed by atoms with Crippen molar-refractivity contribution in [3.05, 3.63) is 29.8 Å². The van der Waals surface area contributed by atoms with Crippen molar-refractivity contribution in [3.8, 4) is 5.75 Å². The molecule has 72 valence electrons. The van der Waals surface area contributed by atoms with Gasteiger partial charge in [-0.2, -0.15) is 0 Å². The normalized spacial score (nSPS) is 12.5. The molecule has 0 aliphatic carbocycles. The summed E-state index contributed by atoms with van der Waals surface area (Å²) >= 11 is 0. The number of nitrogens with two attached hydrogens (primary N) is 1. The number of hydrogen-bond acceptors (Lipinski definition) is 3. The van der Waals surface area contributed by atoms with Crippen molar-refractivity contribution in [3.63, 3.8) is 0 Å². The molecule has 0 spiro atoms. The zero-order valence-electron chi connectivity index (χ0n) is 7.99. The van der Waals surface area contributed by atoms with Gasteiger partial charge in [0.05, 0.1) is 13.7 Å². The molecule has 1 rings (SSSR count). The highest BCUT2D eigenvalue weighted by molar-refractivity contribution is 5.29. The van der Waals surface area contributed by atoms with Crippen LogP contribution in [0.2, 0.25) is 0 Å². The molecule has 1 aromatic rings. The van der Waals surface area contributed by atoms with Gasteiger partial charge in [0, 0.05) is 5.92 Å². The number of rotatable bonds is 4. The van der Waals surface area contributed by atoms with Crippen molar-refractivity contribution in [1.82, 2.24) is 0 Å². The highest BCUT2D eigenvalue weighted by Gasteiger charge is 2.04. The summed E-state index contributed by atoms with van der Waals surface area (Å²) in [6.45, 7) is 2.60. The number of benzene rings is 1. The van der Waals surface area contributed by atoms with Crippen LogP contribution in [0.4, 0.5) is 0 Å². The van der Waals surface area contributed by atoms with Gasteiger partial charge in [0.1, 0.15) is 5.75 Å². The molecule has 0 fully saturated rings. The first-order valence-electron chi connectivity index (χ1n) is 4.23. The van der Waals surface area contributed by atoms with Crippen molar-refractivity contribution in [1.29, 1.82) is 0 Å². The fourth-order valence-corrected chi connectivity index (χ4v) is 1.17. The maximum absolute atomic E-state index is 5.05. The molecule has 0 aliphatic rings. The molecule has 0 aromatic heterocycles. The topological polar surface area (TPSA) is 44.5 Å². The van der Waals surface area contributed by atoms with E-state index in [1.54, 1.807) is 7.11 Å². The summed E-state index contributed by atoms with van der Waals surface area (Å²) in [6, 6.07) is 7.90. The third kappa shape index (κ3) is 2.72. The Hall–Kier alpha value is -1.06. The lowest BCUT2D eigenvalue weighted by molar-refractivity contribution is 0.126. The molecule has 1 unspecified atom stereocenters. The molecule has 3 nitrogen and oxygen atoms in total. The van der Waals surface area contributed by atoms with Crippen molar-refractivity contribution < 1.29 is 9.57 Å². The van der Waals surface area contributed by atoms with Crippen LogP contribution in [-0.4, -0.2) is 13.7 Å². The minimum Gasteiger partial charge on any atom is -0.497 e. The van der Waals surface area contributed by atoms with E-state index in [1.165, 1.54) is 5.56 Å². The maximum atomic E-state index is 5.05. The SMILES string of the molecule is COc1ccc(C(C)CON)cc1. The Bertz CT molecular complexity index is 246. The second-order valence-electron chi connectivity index (χ2n) is 3.01. The van der Waals surface area contributed by atoms with Crippen molar-refractivity contribution in [2.45, 2.75) is 12.8 Å². The fourth-order valence-electron chi connectivity index (χ4n) is 1.17. The average Bonchev–Trinajstić information content (AvgIpc) is 2.18. The van der Waals surface area contributed by atoms with Crippen LogP contribution in [0.3, 0.4) is 0 Å². The summed E-state index contributed by atoms with van der Waals surface area (Å²) in [5.41, 5.74) is 1.20. The van der Waals surface area contributed by atoms with Crippen LogP contribution >= 0.6 is 0 Å². The zero-order valence-corrected chi connectivity index (χ0v) is 7.99. The second-order valence-corrected chi connectivity index (χ2v) is 3.01. The first-order valence-corrected chi connectivity index (χ1v) is 4.23. The van der Waals surface area contributed by atoms with Crippen LogP contribution in [-0.2, 0) is 4.84 Å². The number of methoxy groups -OCH3 is 1. The van der Waals surface area contributed by atoms with E-state index in [1.807, 2.05) is 24.3 Å². The second kappa shape index (κ2) is 4.84. The van der Waals surface area contributed by atoms with Gasteiger partial charge in [-0.1, -0.05) is 19.1 Å². The highest BCUT2D eigenvalue weighted by atomic mass is 16.6. The minimum atomic E-state index is 0.316. The van der Waals surface area contributed by atoms with Crippen molar-refractivity contribution in [2.75, 3.05) is 13.7 Å². The quantitative estimate of drug-likeness (QED) is 0.719. The van der Waals surface area contributed by atoms with Crippen LogP contribution in [0, 0.1) is 0 Å². The summed E-state index contributed by atoms with van der Waals surface area (Å²) in [5, 5.41) is 0. The number of ether oxygens (including phenoxy) is 1. The van der Waals surface area contributed by atoms with Gasteiger partial charge >= 0.3 is 0 Å². The smallest absolute Gasteiger partial charge is 0.118 e. The molecule has 2 N–H and O–H groups in total. The summed E-state index contributed by atoms with van der Waals surface area (Å²) in [7, 11) is 1.65. The van der Waals surface area contributed by atoms with E-state index in [4.69, 9.17) is 10.6 Å². The molecule has 1 aromatic carbocycles. The van der Waals surface area contributed by atoms with Crippen LogP contribution in [0.25, 0.3) is 0 Å². The third-order valence-corrected chi connectivity index (χ3v) is 2.03. The standard InChI is InChI=1S/C10H15NO2/c1-8(7-13-11)9-3-5-10(12-2)6-4-9/h3-6,8H,7,11H2,1-2H3. The van der Waals surface area contributed by atoms with Crippen molar-refractivity contribution >= 4 is 0 Å². The van der Waals surface area contributed by atoms with Gasteiger partial charge in [-0.25, -0.2) is 5.90 Å². The maximum Gasteiger partial charge on any atom is 0.118 e. The average molecular weight is 181 g/mol. The lowest BCUT2D eigenvalue weighted by Crippen LogP contribution is -2.08. The van der Waals surface area contributed by atoms with E-state index in [-0.39, 0.29) is 0 Å². The Morgan fingerprint density at radius 3 is 2.38 bits per heavy atom. The molecule has 13 heavy (non-hydrogen) atoms. The molecule has 1 atom stereocenters. The van der Waals surface area contributed by atoms with Gasteiger partial charge in [0.15, 0.2) is 0 Å². The van der Waals surface area contributed by atoms with Crippen LogP contribution in [0.15, 0.2) is 24.3 Å². The lowest BCUT2D eigenvalue weighted by Gasteiger charge is -2.10. The molecule has 0 heterocycles. The monoisotopic (exact) mass is 181 g/mol. The summed E-state index contributed by atoms with van der Waals surface area (Å²) in [5.74, 6) is 6.18. The zero-order chi connectivity index (χ0) is 9.68. The molecular weight excluding hydrogens is 166 g/mol. The molecule has 0 bridgehead atoms. The van der Waals surface area contributed by atoms with Crippen molar-refractivity contribution in [2.24, 2.45) is 5.90 Å². The van der Waals surface area contributed by atoms with Crippen LogP contribution in [0.1, 0.15) is 18.4 Å². The molecule has 0 saturated carbocycles. The fraction of sp³-hybridized carbons (Fsp3) is 0.400. The summed E-state index contributed by atoms with van der Waals surface area (Å²) < 4.78 is 5.05. The third-order valence-electron chi connectivity index (χ3n) is 2.03. The number of hydrogen-bond donors (Lipinski definition) is 1. The van der Waals surface area contributed by atoms with Gasteiger partial charge in [-0.3, -0.25) is 0 Å². The minimum absolute atomic E-state index is 0.316. The molecule has 0 aliphatic heterocycles. The van der Waals surface area contributed by atoms with E-state index in [9.17, 15) is 0 Å². The lowest BCUT2D eigenvalue weighted by atomic mass is 10.0. The van der Waals surface area contributed by atoms with Crippen LogP contribution in [0.5, 0.6) is 5.75 Å². The largest absolute Gasteiger partial charge is 0.497 e. The predicted octanol–water partition coefficient (Wildman–Crippen LogP) is 1.69. The Balaban J connectivity index is 2.67. The summed E-state index contributed by atoms with van der Waals surface area (Å²) in [4.78, 5) is 4.58. The molecule has 3 heteroatoms. The van der Waals surface area contributed by atoms with Gasteiger partial charge < -0.3 is 9.57 Å². The molecular formula is C10H15NO2. The van der Waals surface area contributed by atoms with E-state index < -0.39 is 0 Å². The van der Waals surface area contributed by atoms with Gasteiger partial charge in [-0.05, 0) is 17.7 Å². The van der Waals surface area contributed by atoms with E-state index in [0.717, 1.165) is 5.75 Å². The molecule has 0 radical (unpaired) electrons. The predicted molar refractivity (Wildman–Crippen MR) is 51.5 cm³/mol. The first-order chi connectivity index (χ1) is 6.27. The van der Waals surface area contributed by atoms with Gasteiger partial charge in [0.2, 0.25) is 0 Å². The Labute approximate surface area is 78.4 Å². The first kappa shape index (κ1) is 10.0. The van der Waals surface area contributed by atoms with E-state index >= 15 is 0 Å². The highest BCUT2D eigenvalue weighted by Crippen LogP contribution is 2.18. The van der Waals surface area contributed by atoms with E-state index in [0.29, 0.717) is 12.5 Å². The Morgan fingerprint density at radius 1 is 1.31 bits per heavy atom. The van der Waals surface area contributed by atoms with Gasteiger partial charge in [-0.15, -0.1) is 0 Å². The van der Waals surface area contributed by atoms with Crippen LogP contribution < -0.4 is 10.6 Å². The molecule has 0 amide bonds.